The smallest absolute Gasteiger partial charge is 0.475 e. The second kappa shape index (κ2) is 14.5. The zero-order valence-electron chi connectivity index (χ0n) is 22.5. The van der Waals surface area contributed by atoms with Crippen LogP contribution in [0.3, 0.4) is 0 Å². The number of benzene rings is 1. The number of carbonyl (C=O) groups excluding carboxylic acids is 2. The van der Waals surface area contributed by atoms with Gasteiger partial charge in [0.1, 0.15) is 0 Å². The molecule has 0 saturated carbocycles. The number of carboxylic acids is 2. The average molecular weight is 641 g/mol. The standard InChI is InChI=1S/C22H25ClN4O2.2C2HF3O2/c1-26-13-9-22(21(29)25-18-3-2-11-24-15-18)10-14-27(12-8-19(22)26)20(28)16-4-6-17(23)7-5-16;2*3-2(4,5)1(6)7/h2-7,11,15,19H,8-10,12-14H2,1H3,(H,25,29);2*(H,6,7)/t19-,22-;;/m1../s1. The Morgan fingerprint density at radius 3 is 1.95 bits per heavy atom. The molecule has 0 spiro atoms. The second-order valence-electron chi connectivity index (χ2n) is 9.54. The van der Waals surface area contributed by atoms with Crippen molar-refractivity contribution >= 4 is 41.0 Å². The third-order valence-corrected chi connectivity index (χ3v) is 7.07. The molecule has 2 fully saturated rings. The van der Waals surface area contributed by atoms with Crippen LogP contribution in [-0.2, 0) is 14.4 Å². The third kappa shape index (κ3) is 9.81. The highest BCUT2D eigenvalue weighted by molar-refractivity contribution is 6.30. The van der Waals surface area contributed by atoms with Gasteiger partial charge in [-0.15, -0.1) is 0 Å². The van der Waals surface area contributed by atoms with E-state index in [1.54, 1.807) is 36.7 Å². The lowest BCUT2D eigenvalue weighted by molar-refractivity contribution is -0.193. The van der Waals surface area contributed by atoms with Crippen molar-refractivity contribution in [3.63, 3.8) is 0 Å². The predicted molar refractivity (Wildman–Crippen MR) is 140 cm³/mol. The molecule has 2 saturated heterocycles. The van der Waals surface area contributed by atoms with Gasteiger partial charge in [0.15, 0.2) is 0 Å². The summed E-state index contributed by atoms with van der Waals surface area (Å²) in [5.74, 6) is -5.49. The molecule has 1 aromatic carbocycles. The van der Waals surface area contributed by atoms with Crippen LogP contribution in [0, 0.1) is 5.41 Å². The number of aliphatic carboxylic acids is 2. The fraction of sp³-hybridized carbons (Fsp3) is 0.423. The lowest BCUT2D eigenvalue weighted by Gasteiger charge is -2.34. The van der Waals surface area contributed by atoms with Crippen molar-refractivity contribution in [1.29, 1.82) is 0 Å². The third-order valence-electron chi connectivity index (χ3n) is 6.82. The van der Waals surface area contributed by atoms with Crippen LogP contribution in [0.25, 0.3) is 0 Å². The molecular weight excluding hydrogens is 614 g/mol. The number of aromatic nitrogens is 1. The molecule has 0 bridgehead atoms. The maximum Gasteiger partial charge on any atom is 0.490 e. The molecule has 3 N–H and O–H groups in total. The van der Waals surface area contributed by atoms with Gasteiger partial charge in [-0.25, -0.2) is 9.59 Å². The van der Waals surface area contributed by atoms with Crippen molar-refractivity contribution in [2.45, 2.75) is 37.7 Å². The number of rotatable bonds is 3. The van der Waals surface area contributed by atoms with Gasteiger partial charge in [-0.1, -0.05) is 11.6 Å². The highest BCUT2D eigenvalue weighted by Crippen LogP contribution is 2.44. The lowest BCUT2D eigenvalue weighted by atomic mass is 9.75. The first-order chi connectivity index (χ1) is 19.9. The number of nitrogens with one attached hydrogen (secondary N) is 1. The molecule has 3 heterocycles. The number of nitrogens with zero attached hydrogens (tertiary/aromatic N) is 3. The Labute approximate surface area is 246 Å². The van der Waals surface area contributed by atoms with E-state index < -0.39 is 29.7 Å². The second-order valence-corrected chi connectivity index (χ2v) is 9.98. The number of halogens is 7. The summed E-state index contributed by atoms with van der Waals surface area (Å²) < 4.78 is 63.5. The Balaban J connectivity index is 0.000000384. The summed E-state index contributed by atoms with van der Waals surface area (Å²) in [5.41, 5.74) is 0.835. The van der Waals surface area contributed by atoms with Gasteiger partial charge in [0, 0.05) is 35.9 Å². The number of carboxylic acid groups (broad SMARTS) is 2. The molecule has 1 aromatic heterocycles. The molecule has 2 aliphatic rings. The molecule has 0 unspecified atom stereocenters. The molecule has 10 nitrogen and oxygen atoms in total. The fourth-order valence-electron chi connectivity index (χ4n) is 4.68. The largest absolute Gasteiger partial charge is 0.490 e. The Bertz CT molecular complexity index is 1260. The molecule has 17 heteroatoms. The van der Waals surface area contributed by atoms with Crippen molar-refractivity contribution < 1.29 is 55.7 Å². The first-order valence-corrected chi connectivity index (χ1v) is 12.8. The van der Waals surface area contributed by atoms with Crippen molar-refractivity contribution in [3.8, 4) is 0 Å². The van der Waals surface area contributed by atoms with Crippen molar-refractivity contribution in [2.75, 3.05) is 32.0 Å². The van der Waals surface area contributed by atoms with Crippen LogP contribution in [0.2, 0.25) is 5.02 Å². The van der Waals surface area contributed by atoms with E-state index in [-0.39, 0.29) is 17.9 Å². The first kappa shape index (κ1) is 35.3. The van der Waals surface area contributed by atoms with E-state index in [2.05, 4.69) is 22.2 Å². The van der Waals surface area contributed by atoms with Crippen LogP contribution in [0.4, 0.5) is 32.0 Å². The van der Waals surface area contributed by atoms with Crippen LogP contribution in [-0.4, -0.2) is 93.8 Å². The van der Waals surface area contributed by atoms with Crippen molar-refractivity contribution in [1.82, 2.24) is 14.8 Å². The van der Waals surface area contributed by atoms with Crippen LogP contribution in [0.1, 0.15) is 29.6 Å². The summed E-state index contributed by atoms with van der Waals surface area (Å²) in [6.45, 7) is 2.08. The van der Waals surface area contributed by atoms with E-state index in [4.69, 9.17) is 31.4 Å². The molecule has 43 heavy (non-hydrogen) atoms. The van der Waals surface area contributed by atoms with Gasteiger partial charge >= 0.3 is 24.3 Å². The van der Waals surface area contributed by atoms with E-state index in [0.29, 0.717) is 35.8 Å². The molecule has 2 aromatic rings. The molecule has 2 amide bonds. The number of hydrogen-bond donors (Lipinski definition) is 3. The van der Waals surface area contributed by atoms with Gasteiger partial charge in [0.05, 0.1) is 17.3 Å². The summed E-state index contributed by atoms with van der Waals surface area (Å²) in [4.78, 5) is 52.4. The summed E-state index contributed by atoms with van der Waals surface area (Å²) >= 11 is 5.95. The summed E-state index contributed by atoms with van der Waals surface area (Å²) in [6.07, 6.45) is -4.60. The number of pyridine rings is 1. The van der Waals surface area contributed by atoms with Gasteiger partial charge < -0.3 is 25.3 Å². The Morgan fingerprint density at radius 2 is 1.47 bits per heavy atom. The zero-order chi connectivity index (χ0) is 32.6. The van der Waals surface area contributed by atoms with Gasteiger partial charge in [0.2, 0.25) is 5.91 Å². The van der Waals surface area contributed by atoms with Gasteiger partial charge in [-0.3, -0.25) is 14.6 Å². The molecule has 0 aliphatic carbocycles. The van der Waals surface area contributed by atoms with Gasteiger partial charge in [0.25, 0.3) is 5.91 Å². The summed E-state index contributed by atoms with van der Waals surface area (Å²) in [6, 6.07) is 10.8. The van der Waals surface area contributed by atoms with Gasteiger partial charge in [-0.2, -0.15) is 26.3 Å². The number of alkyl halides is 6. The average Bonchev–Trinajstić information content (AvgIpc) is 3.11. The minimum absolute atomic E-state index is 0.00730. The van der Waals surface area contributed by atoms with E-state index in [9.17, 15) is 35.9 Å². The number of anilines is 1. The Hall–Kier alpha value is -3.92. The quantitative estimate of drug-likeness (QED) is 0.415. The Kier molecular flexibility index (Phi) is 11.9. The number of carbonyl (C=O) groups is 4. The topological polar surface area (TPSA) is 140 Å². The van der Waals surface area contributed by atoms with E-state index in [0.717, 1.165) is 19.4 Å². The maximum absolute atomic E-state index is 13.4. The number of hydrogen-bond acceptors (Lipinski definition) is 6. The highest BCUT2D eigenvalue weighted by atomic mass is 35.5. The monoisotopic (exact) mass is 640 g/mol. The minimum Gasteiger partial charge on any atom is -0.475 e. The van der Waals surface area contributed by atoms with Crippen LogP contribution < -0.4 is 5.32 Å². The number of fused-ring (bicyclic) bond motifs is 1. The van der Waals surface area contributed by atoms with Crippen LogP contribution in [0.5, 0.6) is 0 Å². The highest BCUT2D eigenvalue weighted by Gasteiger charge is 2.52. The Morgan fingerprint density at radius 1 is 0.930 bits per heavy atom. The molecule has 2 atom stereocenters. The first-order valence-electron chi connectivity index (χ1n) is 12.5. The molecule has 236 valence electrons. The summed E-state index contributed by atoms with van der Waals surface area (Å²) in [7, 11) is 2.07. The fourth-order valence-corrected chi connectivity index (χ4v) is 4.81. The molecular formula is C26H27ClF6N4O6. The van der Waals surface area contributed by atoms with Gasteiger partial charge in [-0.05, 0) is 69.3 Å². The van der Waals surface area contributed by atoms with Crippen molar-refractivity contribution in [2.24, 2.45) is 5.41 Å². The maximum atomic E-state index is 13.4. The SMILES string of the molecule is CN1CC[C@@]2(C(=O)Nc3cccnc3)CCN(C(=O)c3ccc(Cl)cc3)CC[C@@H]12.O=C(O)C(F)(F)F.O=C(O)C(F)(F)F. The number of amides is 2. The van der Waals surface area contributed by atoms with Crippen LogP contribution >= 0.6 is 11.6 Å². The zero-order valence-corrected chi connectivity index (χ0v) is 23.2. The van der Waals surface area contributed by atoms with E-state index in [1.807, 2.05) is 17.0 Å². The number of likely N-dealkylation sites (tertiary alicyclic amines) is 2. The molecule has 4 rings (SSSR count). The molecule has 2 aliphatic heterocycles. The molecule has 0 radical (unpaired) electrons. The lowest BCUT2D eigenvalue weighted by Crippen LogP contribution is -2.46. The summed E-state index contributed by atoms with van der Waals surface area (Å²) in [5, 5.41) is 17.9. The van der Waals surface area contributed by atoms with Crippen LogP contribution in [0.15, 0.2) is 48.8 Å². The van der Waals surface area contributed by atoms with E-state index in [1.165, 1.54) is 0 Å². The normalized spacial score (nSPS) is 20.3. The minimum atomic E-state index is -5.08. The predicted octanol–water partition coefficient (Wildman–Crippen LogP) is 4.57. The van der Waals surface area contributed by atoms with Crippen molar-refractivity contribution in [3.05, 3.63) is 59.4 Å². The van der Waals surface area contributed by atoms with E-state index >= 15 is 0 Å².